The zero-order chi connectivity index (χ0) is 13.1. The quantitative estimate of drug-likeness (QED) is 0.558. The van der Waals surface area contributed by atoms with Crippen molar-refractivity contribution < 1.29 is 0 Å². The molecule has 18 heavy (non-hydrogen) atoms. The van der Waals surface area contributed by atoms with E-state index in [0.717, 1.165) is 15.9 Å². The van der Waals surface area contributed by atoms with Crippen molar-refractivity contribution in [1.82, 2.24) is 0 Å². The molecule has 0 spiro atoms. The lowest BCUT2D eigenvalue weighted by Crippen LogP contribution is -1.98. The van der Waals surface area contributed by atoms with Gasteiger partial charge in [0.25, 0.3) is 0 Å². The van der Waals surface area contributed by atoms with Crippen LogP contribution in [-0.2, 0) is 6.42 Å². The van der Waals surface area contributed by atoms with Crippen LogP contribution >= 0.6 is 43.5 Å². The van der Waals surface area contributed by atoms with Crippen LogP contribution in [0.5, 0.6) is 0 Å². The van der Waals surface area contributed by atoms with Crippen LogP contribution in [0.25, 0.3) is 0 Å². The Balaban J connectivity index is 2.22. The van der Waals surface area contributed by atoms with E-state index in [2.05, 4.69) is 63.0 Å². The van der Waals surface area contributed by atoms with Crippen LogP contribution < -0.4 is 0 Å². The summed E-state index contributed by atoms with van der Waals surface area (Å²) in [5.41, 5.74) is 3.75. The van der Waals surface area contributed by atoms with E-state index in [1.54, 1.807) is 0 Å². The first-order chi connectivity index (χ1) is 8.58. The molecule has 0 fully saturated rings. The van der Waals surface area contributed by atoms with E-state index >= 15 is 0 Å². The Hall–Kier alpha value is -0.310. The van der Waals surface area contributed by atoms with Gasteiger partial charge in [-0.2, -0.15) is 0 Å². The Morgan fingerprint density at radius 3 is 2.56 bits per heavy atom. The van der Waals surface area contributed by atoms with E-state index in [1.165, 1.54) is 16.7 Å². The molecule has 1 atom stereocenters. The summed E-state index contributed by atoms with van der Waals surface area (Å²) in [5, 5.41) is 0.830. The predicted octanol–water partition coefficient (Wildman–Crippen LogP) is 6.09. The number of alkyl halides is 1. The lowest BCUT2D eigenvalue weighted by molar-refractivity contribution is 0.938. The largest absolute Gasteiger partial charge is 0.0840 e. The first-order valence-electron chi connectivity index (χ1n) is 5.71. The lowest BCUT2D eigenvalue weighted by Gasteiger charge is -2.14. The number of halogens is 3. The molecule has 0 aliphatic carbocycles. The van der Waals surface area contributed by atoms with Gasteiger partial charge in [-0.15, -0.1) is 0 Å². The van der Waals surface area contributed by atoms with Gasteiger partial charge in [0.2, 0.25) is 0 Å². The molecule has 0 saturated carbocycles. The van der Waals surface area contributed by atoms with Gasteiger partial charge in [-0.25, -0.2) is 0 Å². The van der Waals surface area contributed by atoms with E-state index in [0.29, 0.717) is 0 Å². The second kappa shape index (κ2) is 6.23. The first kappa shape index (κ1) is 14.1. The van der Waals surface area contributed by atoms with Gasteiger partial charge in [-0.1, -0.05) is 67.7 Å². The molecular formula is C15H13Br2Cl. The minimum Gasteiger partial charge on any atom is -0.0840 e. The summed E-state index contributed by atoms with van der Waals surface area (Å²) in [7, 11) is 0. The topological polar surface area (TPSA) is 0 Å². The highest BCUT2D eigenvalue weighted by Gasteiger charge is 2.12. The van der Waals surface area contributed by atoms with Crippen molar-refractivity contribution in [2.75, 3.05) is 0 Å². The maximum absolute atomic E-state index is 6.19. The summed E-state index contributed by atoms with van der Waals surface area (Å²) in [6, 6.07) is 14.3. The molecule has 0 amide bonds. The Kier molecular flexibility index (Phi) is 4.88. The molecule has 2 aromatic carbocycles. The third-order valence-corrected chi connectivity index (χ3v) is 4.61. The van der Waals surface area contributed by atoms with Crippen LogP contribution in [0.3, 0.4) is 0 Å². The zero-order valence-electron chi connectivity index (χ0n) is 9.96. The Morgan fingerprint density at radius 2 is 1.89 bits per heavy atom. The summed E-state index contributed by atoms with van der Waals surface area (Å²) in [6.07, 6.45) is 0.891. The predicted molar refractivity (Wildman–Crippen MR) is 85.7 cm³/mol. The van der Waals surface area contributed by atoms with Gasteiger partial charge < -0.3 is 0 Å². The minimum atomic E-state index is 0.283. The molecular weight excluding hydrogens is 375 g/mol. The van der Waals surface area contributed by atoms with Crippen LogP contribution in [0.15, 0.2) is 46.9 Å². The number of benzene rings is 2. The third kappa shape index (κ3) is 3.37. The van der Waals surface area contributed by atoms with Crippen molar-refractivity contribution in [2.45, 2.75) is 18.2 Å². The fourth-order valence-electron chi connectivity index (χ4n) is 1.96. The smallest absolute Gasteiger partial charge is 0.0438 e. The highest BCUT2D eigenvalue weighted by Crippen LogP contribution is 2.32. The summed E-state index contributed by atoms with van der Waals surface area (Å²) in [6.45, 7) is 2.13. The molecule has 0 bridgehead atoms. The number of hydrogen-bond donors (Lipinski definition) is 0. The van der Waals surface area contributed by atoms with Crippen molar-refractivity contribution in [3.05, 3.63) is 68.7 Å². The van der Waals surface area contributed by atoms with E-state index in [4.69, 9.17) is 11.6 Å². The van der Waals surface area contributed by atoms with Gasteiger partial charge >= 0.3 is 0 Å². The minimum absolute atomic E-state index is 0.283. The molecule has 0 nitrogen and oxygen atoms in total. The van der Waals surface area contributed by atoms with Gasteiger partial charge in [0.1, 0.15) is 0 Å². The number of hydrogen-bond acceptors (Lipinski definition) is 0. The van der Waals surface area contributed by atoms with Crippen LogP contribution in [0.2, 0.25) is 5.02 Å². The van der Waals surface area contributed by atoms with Crippen LogP contribution in [0.1, 0.15) is 21.5 Å². The van der Waals surface area contributed by atoms with Crippen molar-refractivity contribution in [3.63, 3.8) is 0 Å². The Labute approximate surface area is 130 Å². The van der Waals surface area contributed by atoms with E-state index < -0.39 is 0 Å². The van der Waals surface area contributed by atoms with Gasteiger partial charge in [0.15, 0.2) is 0 Å². The SMILES string of the molecule is Cc1cc(Br)ccc1C(Br)Cc1ccccc1Cl. The average Bonchev–Trinajstić information content (AvgIpc) is 2.32. The van der Waals surface area contributed by atoms with Gasteiger partial charge in [0, 0.05) is 14.3 Å². The standard InChI is InChI=1S/C15H13Br2Cl/c1-10-8-12(16)6-7-13(10)14(17)9-11-4-2-3-5-15(11)18/h2-8,14H,9H2,1H3. The first-order valence-corrected chi connectivity index (χ1v) is 7.80. The third-order valence-electron chi connectivity index (χ3n) is 2.93. The molecule has 94 valence electrons. The molecule has 0 heterocycles. The number of aryl methyl sites for hydroxylation is 1. The molecule has 0 aliphatic rings. The van der Waals surface area contributed by atoms with Crippen LogP contribution in [0, 0.1) is 6.92 Å². The van der Waals surface area contributed by atoms with Crippen LogP contribution in [0.4, 0.5) is 0 Å². The highest BCUT2D eigenvalue weighted by molar-refractivity contribution is 9.10. The molecule has 2 rings (SSSR count). The summed E-state index contributed by atoms with van der Waals surface area (Å²) < 4.78 is 1.11. The second-order valence-corrected chi connectivity index (χ2v) is 6.69. The lowest BCUT2D eigenvalue weighted by atomic mass is 10.0. The molecule has 3 heteroatoms. The molecule has 1 unspecified atom stereocenters. The molecule has 2 aromatic rings. The average molecular weight is 389 g/mol. The maximum Gasteiger partial charge on any atom is 0.0438 e. The van der Waals surface area contributed by atoms with Gasteiger partial charge in [-0.05, 0) is 48.2 Å². The van der Waals surface area contributed by atoms with Crippen molar-refractivity contribution >= 4 is 43.5 Å². The second-order valence-electron chi connectivity index (χ2n) is 4.26. The Morgan fingerprint density at radius 1 is 1.17 bits per heavy atom. The number of rotatable bonds is 3. The summed E-state index contributed by atoms with van der Waals surface area (Å²) in [5.74, 6) is 0. The summed E-state index contributed by atoms with van der Waals surface area (Å²) in [4.78, 5) is 0.283. The van der Waals surface area contributed by atoms with E-state index in [1.807, 2.05) is 18.2 Å². The maximum atomic E-state index is 6.19. The normalized spacial score (nSPS) is 12.4. The monoisotopic (exact) mass is 386 g/mol. The fraction of sp³-hybridized carbons (Fsp3) is 0.200. The van der Waals surface area contributed by atoms with E-state index in [9.17, 15) is 0 Å². The van der Waals surface area contributed by atoms with Crippen molar-refractivity contribution in [3.8, 4) is 0 Å². The molecule has 0 aliphatic heterocycles. The fourth-order valence-corrected chi connectivity index (χ4v) is 3.51. The van der Waals surface area contributed by atoms with Gasteiger partial charge in [0.05, 0.1) is 0 Å². The van der Waals surface area contributed by atoms with Gasteiger partial charge in [-0.3, -0.25) is 0 Å². The summed E-state index contributed by atoms with van der Waals surface area (Å²) >= 11 is 13.4. The van der Waals surface area contributed by atoms with E-state index in [-0.39, 0.29) is 4.83 Å². The van der Waals surface area contributed by atoms with Crippen molar-refractivity contribution in [1.29, 1.82) is 0 Å². The zero-order valence-corrected chi connectivity index (χ0v) is 13.9. The molecule has 0 saturated heterocycles. The van der Waals surface area contributed by atoms with Crippen molar-refractivity contribution in [2.24, 2.45) is 0 Å². The molecule has 0 aromatic heterocycles. The molecule has 0 N–H and O–H groups in total. The molecule has 0 radical (unpaired) electrons. The Bertz CT molecular complexity index is 552. The van der Waals surface area contributed by atoms with Crippen LogP contribution in [-0.4, -0.2) is 0 Å². The highest BCUT2D eigenvalue weighted by atomic mass is 79.9.